The summed E-state index contributed by atoms with van der Waals surface area (Å²) in [5.74, 6) is 0.912. The van der Waals surface area contributed by atoms with Gasteiger partial charge in [-0.2, -0.15) is 0 Å². The summed E-state index contributed by atoms with van der Waals surface area (Å²) in [4.78, 5) is 16.3. The van der Waals surface area contributed by atoms with Gasteiger partial charge in [-0.05, 0) is 36.2 Å². The third kappa shape index (κ3) is 4.96. The van der Waals surface area contributed by atoms with Crippen LogP contribution in [0.3, 0.4) is 0 Å². The molecule has 0 saturated carbocycles. The highest BCUT2D eigenvalue weighted by Crippen LogP contribution is 2.24. The smallest absolute Gasteiger partial charge is 0.255 e. The Hall–Kier alpha value is -2.60. The lowest BCUT2D eigenvalue weighted by molar-refractivity contribution is 0.0950. The fourth-order valence-electron chi connectivity index (χ4n) is 2.07. The number of benzene rings is 1. The van der Waals surface area contributed by atoms with Gasteiger partial charge >= 0.3 is 0 Å². The van der Waals surface area contributed by atoms with E-state index in [9.17, 15) is 4.79 Å². The molecule has 0 aliphatic heterocycles. The predicted molar refractivity (Wildman–Crippen MR) is 87.8 cm³/mol. The van der Waals surface area contributed by atoms with Crippen LogP contribution in [0.25, 0.3) is 0 Å². The fraction of sp³-hybridized carbons (Fsp3) is 0.294. The first-order chi connectivity index (χ1) is 11.2. The maximum atomic E-state index is 12.3. The molecule has 1 amide bonds. The normalized spacial score (nSPS) is 10.2. The van der Waals surface area contributed by atoms with Crippen LogP contribution in [-0.4, -0.2) is 37.7 Å². The van der Waals surface area contributed by atoms with Gasteiger partial charge in [-0.3, -0.25) is 9.78 Å². The topological polar surface area (TPSA) is 86.5 Å². The van der Waals surface area contributed by atoms with Gasteiger partial charge in [0.15, 0.2) is 0 Å². The minimum Gasteiger partial charge on any atom is -0.497 e. The molecule has 0 fully saturated rings. The number of pyridine rings is 1. The average Bonchev–Trinajstić information content (AvgIpc) is 2.60. The summed E-state index contributed by atoms with van der Waals surface area (Å²) in [6.07, 6.45) is 4.21. The van der Waals surface area contributed by atoms with E-state index in [1.54, 1.807) is 37.7 Å². The molecule has 0 aliphatic rings. The number of aromatic nitrogens is 1. The van der Waals surface area contributed by atoms with Crippen molar-refractivity contribution in [3.05, 3.63) is 53.9 Å². The lowest BCUT2D eigenvalue weighted by atomic mass is 10.1. The number of nitrogens with zero attached hydrogens (tertiary/aromatic N) is 1. The first kappa shape index (κ1) is 16.8. The third-order valence-corrected chi connectivity index (χ3v) is 3.26. The molecule has 0 atom stereocenters. The molecule has 1 heterocycles. The van der Waals surface area contributed by atoms with E-state index in [4.69, 9.17) is 15.2 Å². The van der Waals surface area contributed by atoms with Gasteiger partial charge in [-0.25, -0.2) is 0 Å². The summed E-state index contributed by atoms with van der Waals surface area (Å²) in [6, 6.07) is 8.96. The van der Waals surface area contributed by atoms with E-state index in [2.05, 4.69) is 10.3 Å². The molecular formula is C17H21N3O3. The summed E-state index contributed by atoms with van der Waals surface area (Å²) >= 11 is 0. The maximum absolute atomic E-state index is 12.3. The highest BCUT2D eigenvalue weighted by Gasteiger charge is 2.13. The molecule has 23 heavy (non-hydrogen) atoms. The monoisotopic (exact) mass is 315 g/mol. The van der Waals surface area contributed by atoms with Gasteiger partial charge in [0.2, 0.25) is 0 Å². The molecule has 1 aromatic carbocycles. The van der Waals surface area contributed by atoms with Crippen molar-refractivity contribution >= 4 is 5.91 Å². The van der Waals surface area contributed by atoms with E-state index in [0.717, 1.165) is 12.0 Å². The second-order valence-electron chi connectivity index (χ2n) is 4.86. The molecule has 6 heteroatoms. The Labute approximate surface area is 135 Å². The van der Waals surface area contributed by atoms with Crippen LogP contribution in [0.15, 0.2) is 42.7 Å². The standard InChI is InChI=1S/C17H21N3O3/c1-22-14-2-3-15(16(12-14)23-11-7-18)17(21)20-10-6-13-4-8-19-9-5-13/h2-5,8-9,12H,6-7,10-11,18H2,1H3,(H,20,21). The molecule has 3 N–H and O–H groups in total. The van der Waals surface area contributed by atoms with Crippen LogP contribution in [0, 0.1) is 0 Å². The van der Waals surface area contributed by atoms with E-state index < -0.39 is 0 Å². The summed E-state index contributed by atoms with van der Waals surface area (Å²) in [5, 5.41) is 2.89. The Morgan fingerprint density at radius 3 is 2.74 bits per heavy atom. The zero-order chi connectivity index (χ0) is 16.5. The molecule has 0 radical (unpaired) electrons. The number of rotatable bonds is 8. The zero-order valence-corrected chi connectivity index (χ0v) is 13.1. The molecule has 6 nitrogen and oxygen atoms in total. The van der Waals surface area contributed by atoms with Crippen LogP contribution in [0.1, 0.15) is 15.9 Å². The lowest BCUT2D eigenvalue weighted by Gasteiger charge is -2.12. The molecule has 1 aromatic heterocycles. The van der Waals surface area contributed by atoms with Gasteiger partial charge in [-0.15, -0.1) is 0 Å². The summed E-state index contributed by atoms with van der Waals surface area (Å²) in [7, 11) is 1.57. The number of carbonyl (C=O) groups excluding carboxylic acids is 1. The number of amides is 1. The number of methoxy groups -OCH3 is 1. The average molecular weight is 315 g/mol. The summed E-state index contributed by atoms with van der Waals surface area (Å²) in [6.45, 7) is 1.25. The van der Waals surface area contributed by atoms with E-state index in [-0.39, 0.29) is 5.91 Å². The van der Waals surface area contributed by atoms with Crippen molar-refractivity contribution in [1.82, 2.24) is 10.3 Å². The number of carbonyl (C=O) groups is 1. The number of nitrogens with two attached hydrogens (primary N) is 1. The van der Waals surface area contributed by atoms with Crippen LogP contribution in [-0.2, 0) is 6.42 Å². The second-order valence-corrected chi connectivity index (χ2v) is 4.86. The molecule has 122 valence electrons. The Balaban J connectivity index is 1.99. The van der Waals surface area contributed by atoms with E-state index in [1.165, 1.54) is 0 Å². The Bertz CT molecular complexity index is 632. The van der Waals surface area contributed by atoms with Crippen LogP contribution in [0.5, 0.6) is 11.5 Å². The van der Waals surface area contributed by atoms with Gasteiger partial charge in [0.1, 0.15) is 18.1 Å². The van der Waals surface area contributed by atoms with Crippen LogP contribution in [0.2, 0.25) is 0 Å². The maximum Gasteiger partial charge on any atom is 0.255 e. The molecule has 0 aliphatic carbocycles. The summed E-state index contributed by atoms with van der Waals surface area (Å²) < 4.78 is 10.7. The van der Waals surface area contributed by atoms with Crippen molar-refractivity contribution in [3.63, 3.8) is 0 Å². The first-order valence-corrected chi connectivity index (χ1v) is 7.42. The van der Waals surface area contributed by atoms with Crippen molar-refractivity contribution in [3.8, 4) is 11.5 Å². The van der Waals surface area contributed by atoms with E-state index >= 15 is 0 Å². The van der Waals surface area contributed by atoms with Gasteiger partial charge in [0, 0.05) is 31.5 Å². The van der Waals surface area contributed by atoms with Crippen LogP contribution in [0.4, 0.5) is 0 Å². The van der Waals surface area contributed by atoms with Crippen molar-refractivity contribution in [1.29, 1.82) is 0 Å². The van der Waals surface area contributed by atoms with Gasteiger partial charge in [0.25, 0.3) is 5.91 Å². The van der Waals surface area contributed by atoms with Crippen molar-refractivity contribution in [2.24, 2.45) is 5.73 Å². The largest absolute Gasteiger partial charge is 0.497 e. The zero-order valence-electron chi connectivity index (χ0n) is 13.1. The summed E-state index contributed by atoms with van der Waals surface area (Å²) in [5.41, 5.74) is 7.04. The minimum absolute atomic E-state index is 0.186. The third-order valence-electron chi connectivity index (χ3n) is 3.26. The molecule has 0 bridgehead atoms. The fourth-order valence-corrected chi connectivity index (χ4v) is 2.07. The number of hydrogen-bond acceptors (Lipinski definition) is 5. The Morgan fingerprint density at radius 2 is 2.04 bits per heavy atom. The highest BCUT2D eigenvalue weighted by atomic mass is 16.5. The van der Waals surface area contributed by atoms with Crippen molar-refractivity contribution < 1.29 is 14.3 Å². The predicted octanol–water partition coefficient (Wildman–Crippen LogP) is 1.40. The lowest BCUT2D eigenvalue weighted by Crippen LogP contribution is -2.26. The second kappa shape index (κ2) is 8.75. The van der Waals surface area contributed by atoms with Crippen molar-refractivity contribution in [2.45, 2.75) is 6.42 Å². The van der Waals surface area contributed by atoms with Crippen LogP contribution < -0.4 is 20.5 Å². The van der Waals surface area contributed by atoms with Crippen molar-refractivity contribution in [2.75, 3.05) is 26.8 Å². The quantitative estimate of drug-likeness (QED) is 0.769. The Kier molecular flexibility index (Phi) is 6.38. The molecule has 0 spiro atoms. The van der Waals surface area contributed by atoms with E-state index in [1.807, 2.05) is 12.1 Å². The van der Waals surface area contributed by atoms with Gasteiger partial charge < -0.3 is 20.5 Å². The number of hydrogen-bond donors (Lipinski definition) is 2. The van der Waals surface area contributed by atoms with Gasteiger partial charge in [-0.1, -0.05) is 0 Å². The SMILES string of the molecule is COc1ccc(C(=O)NCCc2ccncc2)c(OCCN)c1. The Morgan fingerprint density at radius 1 is 1.26 bits per heavy atom. The first-order valence-electron chi connectivity index (χ1n) is 7.42. The molecular weight excluding hydrogens is 294 g/mol. The van der Waals surface area contributed by atoms with Crippen LogP contribution >= 0.6 is 0 Å². The van der Waals surface area contributed by atoms with Gasteiger partial charge in [0.05, 0.1) is 12.7 Å². The molecule has 2 aromatic rings. The molecule has 0 unspecified atom stereocenters. The number of ether oxygens (including phenoxy) is 2. The molecule has 0 saturated heterocycles. The highest BCUT2D eigenvalue weighted by molar-refractivity contribution is 5.97. The minimum atomic E-state index is -0.186. The molecule has 2 rings (SSSR count). The number of nitrogens with one attached hydrogen (secondary N) is 1. The van der Waals surface area contributed by atoms with E-state index in [0.29, 0.717) is 36.8 Å².